The number of hydrogen-bond acceptors (Lipinski definition) is 6. The topological polar surface area (TPSA) is 92.6 Å². The number of carbonyl (C=O) groups is 2. The van der Waals surface area contributed by atoms with Crippen LogP contribution in [0.4, 0.5) is 5.95 Å². The Kier molecular flexibility index (Phi) is 6.48. The molecular weight excluding hydrogens is 372 g/mol. The van der Waals surface area contributed by atoms with Crippen LogP contribution in [0.1, 0.15) is 38.9 Å². The number of anilines is 1. The molecule has 1 fully saturated rings. The molecule has 9 heteroatoms. The maximum absolute atomic E-state index is 12.8. The fourth-order valence-electron chi connectivity index (χ4n) is 3.46. The van der Waals surface area contributed by atoms with E-state index in [1.807, 2.05) is 48.9 Å². The second-order valence-electron chi connectivity index (χ2n) is 7.35. The van der Waals surface area contributed by atoms with Crippen LogP contribution in [0.15, 0.2) is 24.5 Å². The van der Waals surface area contributed by atoms with Crippen molar-refractivity contribution in [3.8, 4) is 0 Å². The quantitative estimate of drug-likeness (QED) is 0.694. The molecule has 1 unspecified atom stereocenters. The van der Waals surface area contributed by atoms with Crippen molar-refractivity contribution < 1.29 is 14.3 Å². The molecule has 2 amide bonds. The van der Waals surface area contributed by atoms with Crippen LogP contribution in [-0.2, 0) is 11.8 Å². The van der Waals surface area contributed by atoms with Gasteiger partial charge < -0.3 is 24.4 Å². The van der Waals surface area contributed by atoms with Crippen molar-refractivity contribution in [2.75, 3.05) is 52.3 Å². The van der Waals surface area contributed by atoms with Crippen molar-refractivity contribution in [3.05, 3.63) is 41.5 Å². The van der Waals surface area contributed by atoms with Gasteiger partial charge in [0.2, 0.25) is 5.95 Å². The van der Waals surface area contributed by atoms with E-state index in [0.717, 1.165) is 6.42 Å². The molecule has 1 N–H and O–H groups in total. The predicted molar refractivity (Wildman–Crippen MR) is 109 cm³/mol. The highest BCUT2D eigenvalue weighted by Gasteiger charge is 2.32. The molecule has 1 aliphatic rings. The number of carbonyl (C=O) groups excluding carboxylic acids is 2. The Hall–Kier alpha value is -2.94. The summed E-state index contributed by atoms with van der Waals surface area (Å²) in [5.41, 5.74) is 1.78. The summed E-state index contributed by atoms with van der Waals surface area (Å²) in [5, 5.41) is 2.83. The second-order valence-corrected chi connectivity index (χ2v) is 7.35. The molecule has 2 aromatic rings. The highest BCUT2D eigenvalue weighted by atomic mass is 16.5. The summed E-state index contributed by atoms with van der Waals surface area (Å²) in [7, 11) is 7.16. The summed E-state index contributed by atoms with van der Waals surface area (Å²) in [5.74, 6) is 0.285. The Morgan fingerprint density at radius 3 is 2.83 bits per heavy atom. The average Bonchev–Trinajstić information content (AvgIpc) is 3.36. The molecule has 0 aromatic carbocycles. The number of amides is 2. The number of nitrogens with one attached hydrogen (secondary N) is 1. The molecule has 3 heterocycles. The monoisotopic (exact) mass is 400 g/mol. The lowest BCUT2D eigenvalue weighted by molar-refractivity contribution is 0.0781. The minimum absolute atomic E-state index is 0.00650. The molecule has 156 valence electrons. The first kappa shape index (κ1) is 20.8. The van der Waals surface area contributed by atoms with Crippen molar-refractivity contribution >= 4 is 17.8 Å². The average molecular weight is 400 g/mol. The maximum Gasteiger partial charge on any atom is 0.270 e. The molecule has 3 rings (SSSR count). The fourth-order valence-corrected chi connectivity index (χ4v) is 3.46. The number of hydrogen-bond donors (Lipinski definition) is 1. The van der Waals surface area contributed by atoms with Gasteiger partial charge in [-0.3, -0.25) is 9.59 Å². The van der Waals surface area contributed by atoms with E-state index in [-0.39, 0.29) is 17.7 Å². The van der Waals surface area contributed by atoms with Gasteiger partial charge >= 0.3 is 0 Å². The molecule has 0 bridgehead atoms. The Bertz CT molecular complexity index is 879. The number of rotatable bonds is 7. The third-order valence-corrected chi connectivity index (χ3v) is 5.07. The first-order valence-corrected chi connectivity index (χ1v) is 9.64. The SMILES string of the molecule is COCCNC(=O)c1cnc(N(C)C)nc1C1CCN(C(=O)c2cccn2C)C1. The standard InChI is InChI=1S/C20H28N6O3/c1-24(2)20-22-12-15(18(27)21-8-11-29-4)17(23-20)14-7-10-26(13-14)19(28)16-6-5-9-25(16)3/h5-6,9,12,14H,7-8,10-11,13H2,1-4H3,(H,21,27). The molecule has 0 saturated carbocycles. The van der Waals surface area contributed by atoms with Crippen LogP contribution >= 0.6 is 0 Å². The highest BCUT2D eigenvalue weighted by molar-refractivity contribution is 5.95. The van der Waals surface area contributed by atoms with Crippen molar-refractivity contribution in [2.24, 2.45) is 7.05 Å². The van der Waals surface area contributed by atoms with Crippen LogP contribution in [0.25, 0.3) is 0 Å². The first-order valence-electron chi connectivity index (χ1n) is 9.64. The van der Waals surface area contributed by atoms with Gasteiger partial charge in [0.15, 0.2) is 0 Å². The molecule has 0 radical (unpaired) electrons. The van der Waals surface area contributed by atoms with Crippen LogP contribution in [0.3, 0.4) is 0 Å². The summed E-state index contributed by atoms with van der Waals surface area (Å²) in [4.78, 5) is 38.1. The summed E-state index contributed by atoms with van der Waals surface area (Å²) in [6, 6.07) is 3.68. The van der Waals surface area contributed by atoms with Gasteiger partial charge in [0, 0.05) is 66.2 Å². The minimum Gasteiger partial charge on any atom is -0.383 e. The molecular formula is C20H28N6O3. The van der Waals surface area contributed by atoms with Crippen LogP contribution in [0.2, 0.25) is 0 Å². The Morgan fingerprint density at radius 1 is 1.38 bits per heavy atom. The lowest BCUT2D eigenvalue weighted by Gasteiger charge is -2.19. The van der Waals surface area contributed by atoms with E-state index in [9.17, 15) is 9.59 Å². The van der Waals surface area contributed by atoms with Crippen molar-refractivity contribution in [1.29, 1.82) is 0 Å². The Balaban J connectivity index is 1.82. The number of likely N-dealkylation sites (tertiary alicyclic amines) is 1. The van der Waals surface area contributed by atoms with E-state index in [1.54, 1.807) is 18.2 Å². The van der Waals surface area contributed by atoms with Crippen molar-refractivity contribution in [1.82, 2.24) is 24.8 Å². The first-order chi connectivity index (χ1) is 13.9. The third kappa shape index (κ3) is 4.56. The number of aryl methyl sites for hydroxylation is 1. The lowest BCUT2D eigenvalue weighted by atomic mass is 9.99. The van der Waals surface area contributed by atoms with Gasteiger partial charge in [-0.2, -0.15) is 0 Å². The normalized spacial score (nSPS) is 16.1. The molecule has 1 atom stereocenters. The van der Waals surface area contributed by atoms with E-state index in [2.05, 4.69) is 15.3 Å². The highest BCUT2D eigenvalue weighted by Crippen LogP contribution is 2.30. The van der Waals surface area contributed by atoms with Crippen LogP contribution < -0.4 is 10.2 Å². The summed E-state index contributed by atoms with van der Waals surface area (Å²) in [6.07, 6.45) is 4.18. The Morgan fingerprint density at radius 2 is 2.17 bits per heavy atom. The van der Waals surface area contributed by atoms with Crippen molar-refractivity contribution in [3.63, 3.8) is 0 Å². The zero-order valence-electron chi connectivity index (χ0n) is 17.4. The summed E-state index contributed by atoms with van der Waals surface area (Å²) in [6.45, 7) is 1.99. The van der Waals surface area contributed by atoms with Crippen molar-refractivity contribution in [2.45, 2.75) is 12.3 Å². The molecule has 2 aromatic heterocycles. The minimum atomic E-state index is -0.227. The van der Waals surface area contributed by atoms with Crippen LogP contribution in [0.5, 0.6) is 0 Å². The number of ether oxygens (including phenoxy) is 1. The number of nitrogens with zero attached hydrogens (tertiary/aromatic N) is 5. The smallest absolute Gasteiger partial charge is 0.270 e. The fraction of sp³-hybridized carbons (Fsp3) is 0.500. The summed E-state index contributed by atoms with van der Waals surface area (Å²) < 4.78 is 6.81. The zero-order valence-corrected chi connectivity index (χ0v) is 17.4. The molecule has 1 saturated heterocycles. The third-order valence-electron chi connectivity index (χ3n) is 5.07. The van der Waals surface area contributed by atoms with E-state index in [4.69, 9.17) is 4.74 Å². The maximum atomic E-state index is 12.8. The lowest BCUT2D eigenvalue weighted by Crippen LogP contribution is -2.31. The van der Waals surface area contributed by atoms with Crippen LogP contribution in [0, 0.1) is 0 Å². The zero-order chi connectivity index (χ0) is 21.0. The van der Waals surface area contributed by atoms with E-state index >= 15 is 0 Å². The molecule has 9 nitrogen and oxygen atoms in total. The molecule has 29 heavy (non-hydrogen) atoms. The van der Waals surface area contributed by atoms with Gasteiger partial charge in [-0.25, -0.2) is 9.97 Å². The largest absolute Gasteiger partial charge is 0.383 e. The second kappa shape index (κ2) is 9.04. The van der Waals surface area contributed by atoms with Crippen LogP contribution in [-0.4, -0.2) is 78.7 Å². The number of aromatic nitrogens is 3. The molecule has 1 aliphatic heterocycles. The van der Waals surface area contributed by atoms with Gasteiger partial charge in [-0.05, 0) is 18.6 Å². The van der Waals surface area contributed by atoms with Gasteiger partial charge in [-0.15, -0.1) is 0 Å². The van der Waals surface area contributed by atoms with E-state index in [0.29, 0.717) is 49.1 Å². The van der Waals surface area contributed by atoms with Gasteiger partial charge in [0.1, 0.15) is 5.69 Å². The van der Waals surface area contributed by atoms with E-state index < -0.39 is 0 Å². The predicted octanol–water partition coefficient (Wildman–Crippen LogP) is 0.887. The van der Waals surface area contributed by atoms with Gasteiger partial charge in [0.25, 0.3) is 11.8 Å². The molecule has 0 aliphatic carbocycles. The Labute approximate surface area is 170 Å². The van der Waals surface area contributed by atoms with E-state index in [1.165, 1.54) is 0 Å². The number of methoxy groups -OCH3 is 1. The van der Waals surface area contributed by atoms with Gasteiger partial charge in [-0.1, -0.05) is 0 Å². The summed E-state index contributed by atoms with van der Waals surface area (Å²) >= 11 is 0. The van der Waals surface area contributed by atoms with Gasteiger partial charge in [0.05, 0.1) is 17.9 Å². The molecule has 0 spiro atoms.